The fourth-order valence-corrected chi connectivity index (χ4v) is 0.682. The van der Waals surface area contributed by atoms with Crippen molar-refractivity contribution in [3.63, 3.8) is 0 Å². The molecule has 0 radical (unpaired) electrons. The molecule has 0 aliphatic heterocycles. The zero-order valence-corrected chi connectivity index (χ0v) is 6.93. The standard InChI is InChI=1S/C6H10N4O2/c1-6(2,5(11)12)3-10-8-4-7-9-10/h4H,3H2,1-2H3,(H,11,12). The molecule has 0 fully saturated rings. The highest BCUT2D eigenvalue weighted by atomic mass is 16.4. The highest BCUT2D eigenvalue weighted by Gasteiger charge is 2.28. The molecule has 1 aromatic rings. The minimum absolute atomic E-state index is 0.225. The van der Waals surface area contributed by atoms with E-state index in [9.17, 15) is 4.79 Å². The molecule has 0 amide bonds. The van der Waals surface area contributed by atoms with Gasteiger partial charge in [-0.15, -0.1) is 10.2 Å². The summed E-state index contributed by atoms with van der Waals surface area (Å²) in [5.41, 5.74) is -0.860. The molecular weight excluding hydrogens is 160 g/mol. The Balaban J connectivity index is 2.69. The molecule has 1 heterocycles. The maximum absolute atomic E-state index is 10.7. The molecule has 0 aromatic carbocycles. The molecule has 0 spiro atoms. The predicted octanol–water partition coefficient (Wildman–Crippen LogP) is -0.216. The van der Waals surface area contributed by atoms with Crippen molar-refractivity contribution in [3.05, 3.63) is 6.33 Å². The number of aromatic nitrogens is 4. The first kappa shape index (κ1) is 8.63. The average molecular weight is 170 g/mol. The second-order valence-electron chi connectivity index (χ2n) is 3.16. The third kappa shape index (κ3) is 1.77. The first-order chi connectivity index (χ1) is 5.52. The molecule has 0 saturated heterocycles. The summed E-state index contributed by atoms with van der Waals surface area (Å²) in [6, 6.07) is 0. The predicted molar refractivity (Wildman–Crippen MR) is 39.2 cm³/mol. The molecular formula is C6H10N4O2. The Labute approximate surface area is 69.2 Å². The first-order valence-corrected chi connectivity index (χ1v) is 3.46. The number of hydrogen-bond acceptors (Lipinski definition) is 4. The zero-order chi connectivity index (χ0) is 9.19. The Bertz CT molecular complexity index is 267. The van der Waals surface area contributed by atoms with Gasteiger partial charge in [-0.3, -0.25) is 4.79 Å². The minimum atomic E-state index is -0.875. The number of carboxylic acid groups (broad SMARTS) is 1. The van der Waals surface area contributed by atoms with Crippen LogP contribution in [0.15, 0.2) is 6.33 Å². The Morgan fingerprint density at radius 3 is 2.75 bits per heavy atom. The van der Waals surface area contributed by atoms with Crippen molar-refractivity contribution in [2.24, 2.45) is 5.41 Å². The molecule has 0 saturated carbocycles. The van der Waals surface area contributed by atoms with Crippen LogP contribution in [-0.2, 0) is 11.3 Å². The molecule has 6 heteroatoms. The summed E-state index contributed by atoms with van der Waals surface area (Å²) in [5, 5.41) is 19.5. The summed E-state index contributed by atoms with van der Waals surface area (Å²) in [7, 11) is 0. The van der Waals surface area contributed by atoms with Gasteiger partial charge in [0.05, 0.1) is 12.0 Å². The van der Waals surface area contributed by atoms with Crippen LogP contribution in [0.5, 0.6) is 0 Å². The molecule has 0 unspecified atom stereocenters. The fourth-order valence-electron chi connectivity index (χ4n) is 0.682. The lowest BCUT2D eigenvalue weighted by atomic mass is 9.94. The topological polar surface area (TPSA) is 80.9 Å². The lowest BCUT2D eigenvalue weighted by Crippen LogP contribution is -2.30. The van der Waals surface area contributed by atoms with Crippen LogP contribution in [0.2, 0.25) is 0 Å². The van der Waals surface area contributed by atoms with Gasteiger partial charge in [0.15, 0.2) is 6.33 Å². The van der Waals surface area contributed by atoms with E-state index in [1.807, 2.05) is 0 Å². The molecule has 0 aliphatic rings. The van der Waals surface area contributed by atoms with Crippen LogP contribution in [0, 0.1) is 5.41 Å². The van der Waals surface area contributed by atoms with E-state index in [-0.39, 0.29) is 6.54 Å². The van der Waals surface area contributed by atoms with Gasteiger partial charge in [-0.2, -0.15) is 4.80 Å². The summed E-state index contributed by atoms with van der Waals surface area (Å²) in [6.45, 7) is 3.44. The van der Waals surface area contributed by atoms with E-state index in [0.29, 0.717) is 0 Å². The second-order valence-corrected chi connectivity index (χ2v) is 3.16. The van der Waals surface area contributed by atoms with Crippen molar-refractivity contribution in [2.75, 3.05) is 0 Å². The highest BCUT2D eigenvalue weighted by Crippen LogP contribution is 2.16. The second kappa shape index (κ2) is 2.88. The van der Waals surface area contributed by atoms with Crippen LogP contribution in [0.25, 0.3) is 0 Å². The maximum Gasteiger partial charge on any atom is 0.311 e. The molecule has 0 atom stereocenters. The number of aliphatic carboxylic acids is 1. The Kier molecular flexibility index (Phi) is 2.07. The molecule has 12 heavy (non-hydrogen) atoms. The van der Waals surface area contributed by atoms with Gasteiger partial charge in [0.1, 0.15) is 0 Å². The average Bonchev–Trinajstić information content (AvgIpc) is 2.38. The fraction of sp³-hybridized carbons (Fsp3) is 0.667. The van der Waals surface area contributed by atoms with Gasteiger partial charge in [0, 0.05) is 0 Å². The van der Waals surface area contributed by atoms with E-state index in [1.165, 1.54) is 11.1 Å². The van der Waals surface area contributed by atoms with Gasteiger partial charge in [0.25, 0.3) is 0 Å². The minimum Gasteiger partial charge on any atom is -0.481 e. The largest absolute Gasteiger partial charge is 0.481 e. The lowest BCUT2D eigenvalue weighted by Gasteiger charge is -2.16. The molecule has 0 aliphatic carbocycles. The van der Waals surface area contributed by atoms with Crippen molar-refractivity contribution in [3.8, 4) is 0 Å². The summed E-state index contributed by atoms with van der Waals surface area (Å²) < 4.78 is 0. The summed E-state index contributed by atoms with van der Waals surface area (Å²) in [6.07, 6.45) is 1.28. The third-order valence-electron chi connectivity index (χ3n) is 1.51. The smallest absolute Gasteiger partial charge is 0.311 e. The summed E-state index contributed by atoms with van der Waals surface area (Å²) in [5.74, 6) is -0.875. The summed E-state index contributed by atoms with van der Waals surface area (Å²) in [4.78, 5) is 11.9. The molecule has 0 bridgehead atoms. The van der Waals surface area contributed by atoms with Gasteiger partial charge in [0.2, 0.25) is 0 Å². The van der Waals surface area contributed by atoms with Gasteiger partial charge >= 0.3 is 5.97 Å². The van der Waals surface area contributed by atoms with Crippen molar-refractivity contribution in [2.45, 2.75) is 20.4 Å². The summed E-state index contributed by atoms with van der Waals surface area (Å²) >= 11 is 0. The number of hydrogen-bond donors (Lipinski definition) is 1. The van der Waals surface area contributed by atoms with Crippen molar-refractivity contribution in [1.29, 1.82) is 0 Å². The quantitative estimate of drug-likeness (QED) is 0.678. The number of carbonyl (C=O) groups is 1. The van der Waals surface area contributed by atoms with E-state index in [1.54, 1.807) is 13.8 Å². The number of tetrazole rings is 1. The number of carboxylic acids is 1. The zero-order valence-electron chi connectivity index (χ0n) is 6.93. The SMILES string of the molecule is CC(C)(Cn1ncnn1)C(=O)O. The van der Waals surface area contributed by atoms with Crippen LogP contribution in [0.4, 0.5) is 0 Å². The van der Waals surface area contributed by atoms with E-state index in [4.69, 9.17) is 5.11 Å². The lowest BCUT2D eigenvalue weighted by molar-refractivity contribution is -0.147. The molecule has 6 nitrogen and oxygen atoms in total. The van der Waals surface area contributed by atoms with Gasteiger partial charge in [-0.1, -0.05) is 0 Å². The van der Waals surface area contributed by atoms with Crippen molar-refractivity contribution >= 4 is 5.97 Å². The van der Waals surface area contributed by atoms with Crippen LogP contribution >= 0.6 is 0 Å². The van der Waals surface area contributed by atoms with E-state index >= 15 is 0 Å². The van der Waals surface area contributed by atoms with Gasteiger partial charge < -0.3 is 5.11 Å². The van der Waals surface area contributed by atoms with Crippen molar-refractivity contribution < 1.29 is 9.90 Å². The van der Waals surface area contributed by atoms with Crippen LogP contribution in [0.1, 0.15) is 13.8 Å². The number of nitrogens with zero attached hydrogens (tertiary/aromatic N) is 4. The number of rotatable bonds is 3. The van der Waals surface area contributed by atoms with E-state index < -0.39 is 11.4 Å². The molecule has 1 N–H and O–H groups in total. The van der Waals surface area contributed by atoms with Gasteiger partial charge in [-0.05, 0) is 19.1 Å². The molecule has 66 valence electrons. The van der Waals surface area contributed by atoms with E-state index in [0.717, 1.165) is 0 Å². The van der Waals surface area contributed by atoms with Crippen LogP contribution < -0.4 is 0 Å². The van der Waals surface area contributed by atoms with Crippen LogP contribution in [0.3, 0.4) is 0 Å². The third-order valence-corrected chi connectivity index (χ3v) is 1.51. The Morgan fingerprint density at radius 2 is 2.33 bits per heavy atom. The molecule has 1 aromatic heterocycles. The Hall–Kier alpha value is -1.46. The van der Waals surface area contributed by atoms with E-state index in [2.05, 4.69) is 15.4 Å². The first-order valence-electron chi connectivity index (χ1n) is 3.46. The maximum atomic E-state index is 10.7. The Morgan fingerprint density at radius 1 is 1.67 bits per heavy atom. The van der Waals surface area contributed by atoms with Crippen LogP contribution in [-0.4, -0.2) is 31.3 Å². The highest BCUT2D eigenvalue weighted by molar-refractivity contribution is 5.73. The normalized spacial score (nSPS) is 11.5. The van der Waals surface area contributed by atoms with Crippen molar-refractivity contribution in [1.82, 2.24) is 20.2 Å². The molecule has 1 rings (SSSR count). The monoisotopic (exact) mass is 170 g/mol. The van der Waals surface area contributed by atoms with Gasteiger partial charge in [-0.25, -0.2) is 0 Å².